The maximum atomic E-state index is 11.6. The van der Waals surface area contributed by atoms with E-state index in [2.05, 4.69) is 21.2 Å². The molecule has 0 aliphatic rings. The van der Waals surface area contributed by atoms with Crippen LogP contribution < -0.4 is 10.1 Å². The highest BCUT2D eigenvalue weighted by Crippen LogP contribution is 2.24. The lowest BCUT2D eigenvalue weighted by Gasteiger charge is -2.13. The van der Waals surface area contributed by atoms with Crippen LogP contribution in [-0.2, 0) is 4.79 Å². The molecule has 0 aromatic heterocycles. The van der Waals surface area contributed by atoms with E-state index in [1.165, 1.54) is 6.92 Å². The van der Waals surface area contributed by atoms with Crippen LogP contribution in [0.1, 0.15) is 37.6 Å². The Kier molecular flexibility index (Phi) is 6.02. The second-order valence-corrected chi connectivity index (χ2v) is 5.28. The number of ether oxygens (including phenoxy) is 1. The summed E-state index contributed by atoms with van der Waals surface area (Å²) in [5, 5.41) is 2.80. The quantitative estimate of drug-likeness (QED) is 0.817. The van der Waals surface area contributed by atoms with Gasteiger partial charge in [-0.05, 0) is 38.5 Å². The van der Waals surface area contributed by atoms with E-state index >= 15 is 0 Å². The average Bonchev–Trinajstić information content (AvgIpc) is 2.35. The van der Waals surface area contributed by atoms with Crippen LogP contribution in [0.25, 0.3) is 0 Å². The van der Waals surface area contributed by atoms with Crippen LogP contribution in [0.3, 0.4) is 0 Å². The number of hydrogen-bond donors (Lipinski definition) is 1. The fourth-order valence-electron chi connectivity index (χ4n) is 1.47. The lowest BCUT2D eigenvalue weighted by molar-refractivity contribution is -0.123. The highest BCUT2D eigenvalue weighted by molar-refractivity contribution is 9.10. The Bertz CT molecular complexity index is 474. The summed E-state index contributed by atoms with van der Waals surface area (Å²) in [6, 6.07) is 5.25. The smallest absolute Gasteiger partial charge is 0.258 e. The van der Waals surface area contributed by atoms with Crippen LogP contribution in [0.5, 0.6) is 5.75 Å². The number of hydrogen-bond acceptors (Lipinski definition) is 3. The molecule has 0 aliphatic heterocycles. The van der Waals surface area contributed by atoms with Gasteiger partial charge in [0, 0.05) is 10.5 Å². The zero-order valence-electron chi connectivity index (χ0n) is 11.3. The molecular weight excluding hydrogens is 310 g/mol. The number of rotatable bonds is 6. The largest absolute Gasteiger partial charge is 0.483 e. The summed E-state index contributed by atoms with van der Waals surface area (Å²) in [5.74, 6) is 0.134. The van der Waals surface area contributed by atoms with E-state index in [4.69, 9.17) is 4.74 Å². The summed E-state index contributed by atoms with van der Waals surface area (Å²) >= 11 is 3.31. The molecule has 0 fully saturated rings. The van der Waals surface area contributed by atoms with Gasteiger partial charge >= 0.3 is 0 Å². The Morgan fingerprint density at radius 2 is 2.11 bits per heavy atom. The summed E-state index contributed by atoms with van der Waals surface area (Å²) in [4.78, 5) is 23.1. The van der Waals surface area contributed by atoms with Crippen molar-refractivity contribution in [3.63, 3.8) is 0 Å². The molecule has 19 heavy (non-hydrogen) atoms. The van der Waals surface area contributed by atoms with Crippen molar-refractivity contribution in [3.05, 3.63) is 28.2 Å². The van der Waals surface area contributed by atoms with Gasteiger partial charge in [-0.25, -0.2) is 0 Å². The maximum absolute atomic E-state index is 11.6. The number of nitrogens with one attached hydrogen (secondary N) is 1. The molecule has 1 atom stereocenters. The average molecular weight is 328 g/mol. The van der Waals surface area contributed by atoms with Gasteiger partial charge in [0.1, 0.15) is 5.75 Å². The lowest BCUT2D eigenvalue weighted by atomic mass is 10.1. The SMILES string of the molecule is CCC(C)NC(=O)COc1cc(Br)ccc1C(C)=O. The molecule has 104 valence electrons. The number of benzene rings is 1. The van der Waals surface area contributed by atoms with Crippen molar-refractivity contribution < 1.29 is 14.3 Å². The van der Waals surface area contributed by atoms with Gasteiger partial charge in [0.2, 0.25) is 0 Å². The molecule has 0 radical (unpaired) electrons. The Balaban J connectivity index is 2.69. The molecule has 1 aromatic carbocycles. The van der Waals surface area contributed by atoms with Crippen molar-refractivity contribution in [1.29, 1.82) is 0 Å². The van der Waals surface area contributed by atoms with Crippen LogP contribution in [-0.4, -0.2) is 24.3 Å². The van der Waals surface area contributed by atoms with E-state index in [9.17, 15) is 9.59 Å². The Morgan fingerprint density at radius 1 is 1.42 bits per heavy atom. The van der Waals surface area contributed by atoms with Crippen LogP contribution in [0, 0.1) is 0 Å². The molecule has 0 saturated heterocycles. The zero-order valence-corrected chi connectivity index (χ0v) is 12.9. The first-order chi connectivity index (χ1) is 8.93. The molecule has 0 aliphatic carbocycles. The van der Waals surface area contributed by atoms with Crippen LogP contribution in [0.4, 0.5) is 0 Å². The monoisotopic (exact) mass is 327 g/mol. The van der Waals surface area contributed by atoms with Crippen LogP contribution >= 0.6 is 15.9 Å². The Hall–Kier alpha value is -1.36. The molecule has 1 amide bonds. The van der Waals surface area contributed by atoms with E-state index in [-0.39, 0.29) is 24.3 Å². The minimum absolute atomic E-state index is 0.0927. The number of amides is 1. The molecule has 1 rings (SSSR count). The lowest BCUT2D eigenvalue weighted by Crippen LogP contribution is -2.35. The van der Waals surface area contributed by atoms with E-state index < -0.39 is 0 Å². The standard InChI is InChI=1S/C14H18BrNO3/c1-4-9(2)16-14(18)8-19-13-7-11(15)5-6-12(13)10(3)17/h5-7,9H,4,8H2,1-3H3,(H,16,18). The minimum atomic E-state index is -0.191. The summed E-state index contributed by atoms with van der Waals surface area (Å²) in [7, 11) is 0. The van der Waals surface area contributed by atoms with E-state index in [0.29, 0.717) is 11.3 Å². The fraction of sp³-hybridized carbons (Fsp3) is 0.429. The number of halogens is 1. The predicted molar refractivity (Wildman–Crippen MR) is 77.5 cm³/mol. The molecule has 1 N–H and O–H groups in total. The summed E-state index contributed by atoms with van der Waals surface area (Å²) in [6.07, 6.45) is 0.862. The molecule has 4 nitrogen and oxygen atoms in total. The van der Waals surface area contributed by atoms with Gasteiger partial charge in [0.15, 0.2) is 12.4 Å². The summed E-state index contributed by atoms with van der Waals surface area (Å²) < 4.78 is 6.22. The topological polar surface area (TPSA) is 55.4 Å². The predicted octanol–water partition coefficient (Wildman–Crippen LogP) is 2.95. The van der Waals surface area contributed by atoms with Gasteiger partial charge in [-0.15, -0.1) is 0 Å². The van der Waals surface area contributed by atoms with E-state index in [0.717, 1.165) is 10.9 Å². The third-order valence-electron chi connectivity index (χ3n) is 2.70. The van der Waals surface area contributed by atoms with Crippen LogP contribution in [0.2, 0.25) is 0 Å². The molecule has 0 bridgehead atoms. The number of carbonyl (C=O) groups excluding carboxylic acids is 2. The number of carbonyl (C=O) groups is 2. The molecule has 0 spiro atoms. The number of ketones is 1. The van der Waals surface area contributed by atoms with Crippen molar-refractivity contribution in [2.75, 3.05) is 6.61 Å². The number of Topliss-reactive ketones (excluding diaryl/α,β-unsaturated/α-hetero) is 1. The summed E-state index contributed by atoms with van der Waals surface area (Å²) in [6.45, 7) is 5.29. The first kappa shape index (κ1) is 15.7. The molecule has 0 saturated carbocycles. The highest BCUT2D eigenvalue weighted by atomic mass is 79.9. The van der Waals surface area contributed by atoms with Gasteiger partial charge in [-0.1, -0.05) is 22.9 Å². The van der Waals surface area contributed by atoms with Crippen molar-refractivity contribution in [3.8, 4) is 5.75 Å². The van der Waals surface area contributed by atoms with Crippen molar-refractivity contribution in [1.82, 2.24) is 5.32 Å². The fourth-order valence-corrected chi connectivity index (χ4v) is 1.81. The molecule has 1 unspecified atom stereocenters. The Labute approximate surface area is 121 Å². The molecule has 1 aromatic rings. The van der Waals surface area contributed by atoms with E-state index in [1.54, 1.807) is 18.2 Å². The first-order valence-electron chi connectivity index (χ1n) is 6.16. The molecule has 0 heterocycles. The van der Waals surface area contributed by atoms with Crippen molar-refractivity contribution in [2.24, 2.45) is 0 Å². The van der Waals surface area contributed by atoms with E-state index in [1.807, 2.05) is 13.8 Å². The highest BCUT2D eigenvalue weighted by Gasteiger charge is 2.11. The zero-order chi connectivity index (χ0) is 14.4. The normalized spacial score (nSPS) is 11.8. The maximum Gasteiger partial charge on any atom is 0.258 e. The third kappa shape index (κ3) is 5.03. The Morgan fingerprint density at radius 3 is 2.68 bits per heavy atom. The summed E-state index contributed by atoms with van der Waals surface area (Å²) in [5.41, 5.74) is 0.472. The van der Waals surface area contributed by atoms with Crippen LogP contribution in [0.15, 0.2) is 22.7 Å². The van der Waals surface area contributed by atoms with Crippen molar-refractivity contribution in [2.45, 2.75) is 33.2 Å². The van der Waals surface area contributed by atoms with Gasteiger partial charge in [-0.3, -0.25) is 9.59 Å². The van der Waals surface area contributed by atoms with Gasteiger partial charge in [0.25, 0.3) is 5.91 Å². The second kappa shape index (κ2) is 7.28. The van der Waals surface area contributed by atoms with Crippen molar-refractivity contribution >= 4 is 27.6 Å². The minimum Gasteiger partial charge on any atom is -0.483 e. The van der Waals surface area contributed by atoms with Gasteiger partial charge in [0.05, 0.1) is 5.56 Å². The third-order valence-corrected chi connectivity index (χ3v) is 3.19. The second-order valence-electron chi connectivity index (χ2n) is 4.36. The molecular formula is C14H18BrNO3. The first-order valence-corrected chi connectivity index (χ1v) is 6.96. The van der Waals surface area contributed by atoms with Gasteiger partial charge in [-0.2, -0.15) is 0 Å². The molecule has 5 heteroatoms. The van der Waals surface area contributed by atoms with Gasteiger partial charge < -0.3 is 10.1 Å².